The molecule has 0 saturated carbocycles. The van der Waals surface area contributed by atoms with Crippen molar-refractivity contribution >= 4 is 28.8 Å². The minimum atomic E-state index is -1.15. The lowest BCUT2D eigenvalue weighted by atomic mass is 9.78. The van der Waals surface area contributed by atoms with Crippen LogP contribution in [0.3, 0.4) is 0 Å². The fourth-order valence-corrected chi connectivity index (χ4v) is 5.36. The normalized spacial score (nSPS) is 15.0. The highest BCUT2D eigenvalue weighted by molar-refractivity contribution is 5.77. The number of anilines is 2. The maximum Gasteiger partial charge on any atom is 0.410 e. The lowest BCUT2D eigenvalue weighted by Gasteiger charge is -2.40. The second kappa shape index (κ2) is 10.2. The van der Waals surface area contributed by atoms with Gasteiger partial charge in [-0.1, -0.05) is 26.0 Å². The zero-order valence-electron chi connectivity index (χ0n) is 25.5. The number of hydrogen-bond donors (Lipinski definition) is 2. The van der Waals surface area contributed by atoms with Gasteiger partial charge in [0.15, 0.2) is 11.5 Å². The average Bonchev–Trinajstić information content (AvgIpc) is 3.17. The summed E-state index contributed by atoms with van der Waals surface area (Å²) in [5, 5.41) is 14.2. The van der Waals surface area contributed by atoms with E-state index >= 15 is 0 Å². The largest absolute Gasteiger partial charge is 0.444 e. The lowest BCUT2D eigenvalue weighted by molar-refractivity contribution is 0.0174. The van der Waals surface area contributed by atoms with Gasteiger partial charge < -0.3 is 20.1 Å². The minimum Gasteiger partial charge on any atom is -0.444 e. The van der Waals surface area contributed by atoms with Gasteiger partial charge in [0.25, 0.3) is 5.56 Å². The summed E-state index contributed by atoms with van der Waals surface area (Å²) in [7, 11) is 0. The fourth-order valence-electron chi connectivity index (χ4n) is 5.36. The van der Waals surface area contributed by atoms with Crippen LogP contribution >= 0.6 is 0 Å². The van der Waals surface area contributed by atoms with E-state index in [1.807, 2.05) is 39.8 Å². The first-order chi connectivity index (χ1) is 19.6. The number of carbonyl (C=O) groups is 1. The van der Waals surface area contributed by atoms with Gasteiger partial charge >= 0.3 is 6.09 Å². The number of rotatable bonds is 5. The van der Waals surface area contributed by atoms with Crippen LogP contribution in [0.15, 0.2) is 47.4 Å². The predicted octanol–water partition coefficient (Wildman–Crippen LogP) is 5.00. The zero-order valence-corrected chi connectivity index (χ0v) is 25.5. The van der Waals surface area contributed by atoms with Crippen molar-refractivity contribution < 1.29 is 14.6 Å². The van der Waals surface area contributed by atoms with Crippen LogP contribution in [0.5, 0.6) is 0 Å². The van der Waals surface area contributed by atoms with Gasteiger partial charge in [0.05, 0.1) is 5.69 Å². The van der Waals surface area contributed by atoms with Gasteiger partial charge in [-0.15, -0.1) is 0 Å². The molecule has 11 nitrogen and oxygen atoms in total. The Kier molecular flexibility index (Phi) is 7.13. The molecule has 1 aromatic carbocycles. The molecule has 0 radical (unpaired) electrons. The molecule has 0 atom stereocenters. The van der Waals surface area contributed by atoms with Crippen molar-refractivity contribution in [3.8, 4) is 5.82 Å². The second-order valence-corrected chi connectivity index (χ2v) is 12.9. The Balaban J connectivity index is 1.51. The number of fused-ring (bicyclic) bond motifs is 2. The van der Waals surface area contributed by atoms with Crippen LogP contribution < -0.4 is 10.9 Å². The highest BCUT2D eigenvalue weighted by atomic mass is 16.6. The Bertz CT molecular complexity index is 1720. The third-order valence-electron chi connectivity index (χ3n) is 7.24. The Labute approximate surface area is 245 Å². The molecule has 42 heavy (non-hydrogen) atoms. The molecule has 5 rings (SSSR count). The van der Waals surface area contributed by atoms with Crippen LogP contribution in [0.25, 0.3) is 16.9 Å². The summed E-state index contributed by atoms with van der Waals surface area (Å²) in [6.07, 6.45) is 1.18. The molecule has 1 aliphatic heterocycles. The number of pyridine rings is 1. The standard InChI is InChI=1S/C31H39N7O4/c1-9-37-26(39)21-16-32-27(35-25(21)38(37)24-12-10-11-23(34-24)31(7,8)41)33-20-13-14-22-19(15-20)17-36(18-30(22,5)6)28(40)42-29(2,3)4/h10-16,41H,9,17-18H2,1-8H3,(H,32,33,35). The molecule has 4 aromatic rings. The van der Waals surface area contributed by atoms with E-state index in [1.165, 1.54) is 6.20 Å². The lowest BCUT2D eigenvalue weighted by Crippen LogP contribution is -2.46. The second-order valence-electron chi connectivity index (χ2n) is 12.9. The van der Waals surface area contributed by atoms with E-state index in [4.69, 9.17) is 9.72 Å². The molecule has 1 amide bonds. The van der Waals surface area contributed by atoms with Crippen LogP contribution in [-0.4, -0.2) is 52.6 Å². The molecule has 0 fully saturated rings. The molecular formula is C31H39N7O4. The number of aliphatic hydroxyl groups is 1. The van der Waals surface area contributed by atoms with Crippen molar-refractivity contribution in [1.82, 2.24) is 29.2 Å². The number of hydrogen-bond acceptors (Lipinski definition) is 8. The van der Waals surface area contributed by atoms with E-state index < -0.39 is 11.2 Å². The third kappa shape index (κ3) is 5.61. The van der Waals surface area contributed by atoms with Crippen molar-refractivity contribution in [2.24, 2.45) is 0 Å². The first kappa shape index (κ1) is 29.2. The van der Waals surface area contributed by atoms with Gasteiger partial charge in [0.2, 0.25) is 5.95 Å². The summed E-state index contributed by atoms with van der Waals surface area (Å²) in [6, 6.07) is 11.3. The van der Waals surface area contributed by atoms with Gasteiger partial charge in [-0.25, -0.2) is 24.1 Å². The van der Waals surface area contributed by atoms with E-state index in [9.17, 15) is 14.7 Å². The maximum atomic E-state index is 13.2. The van der Waals surface area contributed by atoms with Gasteiger partial charge in [-0.2, -0.15) is 4.98 Å². The van der Waals surface area contributed by atoms with E-state index in [-0.39, 0.29) is 17.1 Å². The third-order valence-corrected chi connectivity index (χ3v) is 7.24. The molecule has 0 unspecified atom stereocenters. The first-order valence-corrected chi connectivity index (χ1v) is 14.1. The monoisotopic (exact) mass is 573 g/mol. The topological polar surface area (TPSA) is 127 Å². The SMILES string of the molecule is CCn1c(=O)c2cnc(Nc3ccc4c(c3)CN(C(=O)OC(C)(C)C)CC4(C)C)nc2n1-c1cccc(C(C)(C)O)n1. The van der Waals surface area contributed by atoms with Gasteiger partial charge in [-0.05, 0) is 76.9 Å². The molecule has 0 spiro atoms. The smallest absolute Gasteiger partial charge is 0.410 e. The van der Waals surface area contributed by atoms with Crippen LogP contribution in [0.4, 0.5) is 16.4 Å². The summed E-state index contributed by atoms with van der Waals surface area (Å²) in [5.41, 5.74) is 1.57. The molecule has 3 aromatic heterocycles. The van der Waals surface area contributed by atoms with E-state index in [0.717, 1.165) is 16.8 Å². The average molecular weight is 574 g/mol. The Morgan fingerprint density at radius 2 is 1.86 bits per heavy atom. The molecule has 4 heterocycles. The summed E-state index contributed by atoms with van der Waals surface area (Å²) in [6.45, 7) is 16.4. The fraction of sp³-hybridized carbons (Fsp3) is 0.452. The predicted molar refractivity (Wildman–Crippen MR) is 161 cm³/mol. The number of ether oxygens (including phenoxy) is 1. The summed E-state index contributed by atoms with van der Waals surface area (Å²) in [4.78, 5) is 41.7. The van der Waals surface area contributed by atoms with Gasteiger partial charge in [-0.3, -0.25) is 4.79 Å². The summed E-state index contributed by atoms with van der Waals surface area (Å²) in [5.74, 6) is 0.772. The molecule has 0 saturated heterocycles. The molecule has 1 aliphatic rings. The Morgan fingerprint density at radius 1 is 1.12 bits per heavy atom. The molecule has 0 aliphatic carbocycles. The molecule has 2 N–H and O–H groups in total. The molecule has 0 bridgehead atoms. The maximum absolute atomic E-state index is 13.2. The number of nitrogens with one attached hydrogen (secondary N) is 1. The zero-order chi connectivity index (χ0) is 30.6. The van der Waals surface area contributed by atoms with E-state index in [2.05, 4.69) is 35.2 Å². The first-order valence-electron chi connectivity index (χ1n) is 14.1. The molecule has 11 heteroatoms. The number of amides is 1. The van der Waals surface area contributed by atoms with Gasteiger partial charge in [0, 0.05) is 36.9 Å². The van der Waals surface area contributed by atoms with Crippen LogP contribution in [0, 0.1) is 0 Å². The number of aromatic nitrogens is 5. The Morgan fingerprint density at radius 3 is 2.52 bits per heavy atom. The van der Waals surface area contributed by atoms with Crippen LogP contribution in [0.2, 0.25) is 0 Å². The van der Waals surface area contributed by atoms with Crippen LogP contribution in [0.1, 0.15) is 72.2 Å². The highest BCUT2D eigenvalue weighted by Crippen LogP contribution is 2.36. The quantitative estimate of drug-likeness (QED) is 0.342. The van der Waals surface area contributed by atoms with E-state index in [1.54, 1.807) is 46.3 Å². The molecular weight excluding hydrogens is 534 g/mol. The number of nitrogens with zero attached hydrogens (tertiary/aromatic N) is 6. The van der Waals surface area contributed by atoms with Crippen molar-refractivity contribution in [3.05, 3.63) is 69.8 Å². The minimum absolute atomic E-state index is 0.229. The summed E-state index contributed by atoms with van der Waals surface area (Å²) >= 11 is 0. The number of benzene rings is 1. The van der Waals surface area contributed by atoms with Gasteiger partial charge in [0.1, 0.15) is 16.6 Å². The van der Waals surface area contributed by atoms with Crippen LogP contribution in [-0.2, 0) is 28.8 Å². The van der Waals surface area contributed by atoms with E-state index in [0.29, 0.717) is 48.1 Å². The molecule has 222 valence electrons. The summed E-state index contributed by atoms with van der Waals surface area (Å²) < 4.78 is 8.86. The van der Waals surface area contributed by atoms with Crippen molar-refractivity contribution in [2.45, 2.75) is 85.1 Å². The highest BCUT2D eigenvalue weighted by Gasteiger charge is 2.36. The van der Waals surface area contributed by atoms with Crippen molar-refractivity contribution in [1.29, 1.82) is 0 Å². The number of carbonyl (C=O) groups excluding carboxylic acids is 1. The van der Waals surface area contributed by atoms with Crippen molar-refractivity contribution in [3.63, 3.8) is 0 Å². The Hall–Kier alpha value is -4.25. The van der Waals surface area contributed by atoms with Crippen molar-refractivity contribution in [2.75, 3.05) is 11.9 Å².